The largest absolute Gasteiger partial charge is 0.309 e. The highest BCUT2D eigenvalue weighted by Gasteiger charge is 2.24. The molecule has 0 unspecified atom stereocenters. The molecule has 0 atom stereocenters. The van der Waals surface area contributed by atoms with Crippen LogP contribution >= 0.6 is 34.8 Å². The fourth-order valence-electron chi connectivity index (χ4n) is 0.899. The van der Waals surface area contributed by atoms with Crippen LogP contribution in [0.5, 0.6) is 0 Å². The minimum atomic E-state index is -0.904. The van der Waals surface area contributed by atoms with Crippen molar-refractivity contribution in [1.82, 2.24) is 0 Å². The van der Waals surface area contributed by atoms with Gasteiger partial charge in [0.2, 0.25) is 0 Å². The average Bonchev–Trinajstić information content (AvgIpc) is 2.11. The lowest BCUT2D eigenvalue weighted by atomic mass is 10.2. The van der Waals surface area contributed by atoms with Gasteiger partial charge >= 0.3 is 5.69 Å². The molecule has 0 fully saturated rings. The SMILES string of the molecule is O=[N+]([O-])c1c(Cl)c(F)cc(CCl)c1Cl. The molecule has 0 aromatic heterocycles. The van der Waals surface area contributed by atoms with Crippen molar-refractivity contribution in [1.29, 1.82) is 0 Å². The zero-order valence-corrected chi connectivity index (χ0v) is 8.83. The molecule has 3 nitrogen and oxygen atoms in total. The van der Waals surface area contributed by atoms with E-state index < -0.39 is 21.5 Å². The van der Waals surface area contributed by atoms with Gasteiger partial charge in [0.15, 0.2) is 5.02 Å². The van der Waals surface area contributed by atoms with Crippen molar-refractivity contribution in [3.05, 3.63) is 37.6 Å². The van der Waals surface area contributed by atoms with Gasteiger partial charge in [0, 0.05) is 5.88 Å². The maximum atomic E-state index is 13.0. The first kappa shape index (κ1) is 11.5. The fraction of sp³-hybridized carbons (Fsp3) is 0.143. The highest BCUT2D eigenvalue weighted by Crippen LogP contribution is 2.37. The first-order chi connectivity index (χ1) is 6.49. The predicted molar refractivity (Wildman–Crippen MR) is 52.6 cm³/mol. The molecule has 0 N–H and O–H groups in total. The van der Waals surface area contributed by atoms with Crippen molar-refractivity contribution >= 4 is 40.5 Å². The quantitative estimate of drug-likeness (QED) is 0.351. The van der Waals surface area contributed by atoms with Gasteiger partial charge in [0.05, 0.1) is 4.92 Å². The topological polar surface area (TPSA) is 43.1 Å². The van der Waals surface area contributed by atoms with Crippen molar-refractivity contribution in [2.24, 2.45) is 0 Å². The van der Waals surface area contributed by atoms with E-state index >= 15 is 0 Å². The number of nitro groups is 1. The van der Waals surface area contributed by atoms with Gasteiger partial charge in [-0.1, -0.05) is 23.2 Å². The summed E-state index contributed by atoms with van der Waals surface area (Å²) >= 11 is 16.4. The van der Waals surface area contributed by atoms with Crippen LogP contribution in [-0.4, -0.2) is 4.92 Å². The maximum Gasteiger partial charge on any atom is 0.309 e. The smallest absolute Gasteiger partial charge is 0.258 e. The first-order valence-corrected chi connectivity index (χ1v) is 4.64. The van der Waals surface area contributed by atoms with E-state index in [9.17, 15) is 14.5 Å². The zero-order valence-electron chi connectivity index (χ0n) is 6.56. The average molecular weight is 258 g/mol. The Morgan fingerprint density at radius 2 is 2.00 bits per heavy atom. The Kier molecular flexibility index (Phi) is 3.53. The van der Waals surface area contributed by atoms with Crippen LogP contribution in [0.1, 0.15) is 5.56 Å². The molecule has 0 spiro atoms. The van der Waals surface area contributed by atoms with Crippen molar-refractivity contribution < 1.29 is 9.31 Å². The van der Waals surface area contributed by atoms with Gasteiger partial charge in [-0.25, -0.2) is 4.39 Å². The molecule has 0 radical (unpaired) electrons. The minimum Gasteiger partial charge on any atom is -0.258 e. The normalized spacial score (nSPS) is 10.3. The lowest BCUT2D eigenvalue weighted by Crippen LogP contribution is -1.96. The molecule has 0 amide bonds. The van der Waals surface area contributed by atoms with E-state index in [1.807, 2.05) is 0 Å². The second-order valence-corrected chi connectivity index (χ2v) is 3.41. The van der Waals surface area contributed by atoms with E-state index in [-0.39, 0.29) is 16.5 Å². The molecular weight excluding hydrogens is 255 g/mol. The highest BCUT2D eigenvalue weighted by atomic mass is 35.5. The molecule has 14 heavy (non-hydrogen) atoms. The van der Waals surface area contributed by atoms with Crippen LogP contribution < -0.4 is 0 Å². The lowest BCUT2D eigenvalue weighted by Gasteiger charge is -2.03. The molecule has 0 aliphatic rings. The van der Waals surface area contributed by atoms with Gasteiger partial charge in [-0.15, -0.1) is 11.6 Å². The Morgan fingerprint density at radius 3 is 2.43 bits per heavy atom. The second kappa shape index (κ2) is 4.29. The Labute approximate surface area is 93.5 Å². The maximum absolute atomic E-state index is 13.0. The van der Waals surface area contributed by atoms with Crippen LogP contribution in [0.4, 0.5) is 10.1 Å². The molecule has 0 saturated carbocycles. The molecule has 0 aliphatic heterocycles. The summed E-state index contributed by atoms with van der Waals surface area (Å²) in [7, 11) is 0. The molecule has 7 heteroatoms. The number of hydrogen-bond donors (Lipinski definition) is 0. The molecule has 1 aromatic rings. The van der Waals surface area contributed by atoms with E-state index in [2.05, 4.69) is 0 Å². The number of hydrogen-bond acceptors (Lipinski definition) is 2. The van der Waals surface area contributed by atoms with Crippen molar-refractivity contribution in [3.63, 3.8) is 0 Å². The Hall–Kier alpha value is -0.580. The molecule has 0 saturated heterocycles. The van der Waals surface area contributed by atoms with Gasteiger partial charge in [-0.05, 0) is 11.6 Å². The van der Waals surface area contributed by atoms with E-state index in [1.165, 1.54) is 0 Å². The molecule has 0 aliphatic carbocycles. The standard InChI is InChI=1S/C7H3Cl3FNO2/c8-2-3-1-4(11)6(10)7(5(3)9)12(13)14/h1H,2H2. The number of nitrogens with zero attached hydrogens (tertiary/aromatic N) is 1. The van der Waals surface area contributed by atoms with Crippen molar-refractivity contribution in [2.45, 2.75) is 5.88 Å². The van der Waals surface area contributed by atoms with E-state index in [1.54, 1.807) is 0 Å². The Balaban J connectivity index is 3.53. The number of halogens is 4. The highest BCUT2D eigenvalue weighted by molar-refractivity contribution is 6.39. The number of benzene rings is 1. The van der Waals surface area contributed by atoms with Gasteiger partial charge in [-0.2, -0.15) is 0 Å². The summed E-state index contributed by atoms with van der Waals surface area (Å²) in [6.45, 7) is 0. The summed E-state index contributed by atoms with van der Waals surface area (Å²) in [6, 6.07) is 0.977. The molecule has 1 aromatic carbocycles. The van der Waals surface area contributed by atoms with Gasteiger partial charge in [0.25, 0.3) is 0 Å². The molecule has 76 valence electrons. The van der Waals surface area contributed by atoms with Crippen LogP contribution in [0.15, 0.2) is 6.07 Å². The third-order valence-electron chi connectivity index (χ3n) is 1.53. The summed E-state index contributed by atoms with van der Waals surface area (Å²) in [5, 5.41) is 9.66. The summed E-state index contributed by atoms with van der Waals surface area (Å²) in [4.78, 5) is 9.65. The number of rotatable bonds is 2. The van der Waals surface area contributed by atoms with Crippen molar-refractivity contribution in [3.8, 4) is 0 Å². The summed E-state index contributed by atoms with van der Waals surface area (Å²) in [5.74, 6) is -1.02. The third kappa shape index (κ3) is 1.92. The Morgan fingerprint density at radius 1 is 1.43 bits per heavy atom. The predicted octanol–water partition coefficient (Wildman–Crippen LogP) is 3.78. The molecule has 0 heterocycles. The van der Waals surface area contributed by atoms with Crippen LogP contribution in [0, 0.1) is 15.9 Å². The van der Waals surface area contributed by atoms with Gasteiger partial charge < -0.3 is 0 Å². The van der Waals surface area contributed by atoms with Crippen LogP contribution in [-0.2, 0) is 5.88 Å². The fourth-order valence-corrected chi connectivity index (χ4v) is 1.73. The first-order valence-electron chi connectivity index (χ1n) is 3.35. The zero-order chi connectivity index (χ0) is 10.9. The van der Waals surface area contributed by atoms with Gasteiger partial charge in [-0.3, -0.25) is 10.1 Å². The summed E-state index contributed by atoms with van der Waals surface area (Å²) in [5.41, 5.74) is -0.508. The lowest BCUT2D eigenvalue weighted by molar-refractivity contribution is -0.384. The van der Waals surface area contributed by atoms with Gasteiger partial charge in [0.1, 0.15) is 10.8 Å². The van der Waals surface area contributed by atoms with E-state index in [0.29, 0.717) is 0 Å². The number of alkyl halides is 1. The monoisotopic (exact) mass is 257 g/mol. The molecule has 1 rings (SSSR count). The number of nitro benzene ring substituents is 1. The van der Waals surface area contributed by atoms with E-state index in [0.717, 1.165) is 6.07 Å². The second-order valence-electron chi connectivity index (χ2n) is 2.38. The minimum absolute atomic E-state index is 0.117. The summed E-state index contributed by atoms with van der Waals surface area (Å²) in [6.07, 6.45) is 0. The summed E-state index contributed by atoms with van der Waals surface area (Å²) < 4.78 is 13.0. The van der Waals surface area contributed by atoms with Crippen LogP contribution in [0.25, 0.3) is 0 Å². The van der Waals surface area contributed by atoms with Crippen molar-refractivity contribution in [2.75, 3.05) is 0 Å². The molecular formula is C7H3Cl3FNO2. The Bertz CT molecular complexity index is 397. The van der Waals surface area contributed by atoms with Crippen LogP contribution in [0.2, 0.25) is 10.0 Å². The third-order valence-corrected chi connectivity index (χ3v) is 2.60. The molecule has 0 bridgehead atoms. The van der Waals surface area contributed by atoms with Crippen LogP contribution in [0.3, 0.4) is 0 Å². The van der Waals surface area contributed by atoms with E-state index in [4.69, 9.17) is 34.8 Å².